The Hall–Kier alpha value is -3.04. The van der Waals surface area contributed by atoms with E-state index in [9.17, 15) is 14.7 Å². The van der Waals surface area contributed by atoms with Crippen molar-refractivity contribution in [2.24, 2.45) is 0 Å². The van der Waals surface area contributed by atoms with Crippen LogP contribution in [-0.4, -0.2) is 21.2 Å². The highest BCUT2D eigenvalue weighted by atomic mass is 32.2. The second-order valence-electron chi connectivity index (χ2n) is 5.13. The summed E-state index contributed by atoms with van der Waals surface area (Å²) in [6.45, 7) is 0.0708. The van der Waals surface area contributed by atoms with Crippen LogP contribution in [0.2, 0.25) is 0 Å². The molecule has 2 amide bonds. The number of phenolic OH excluding ortho intramolecular Hbond substituents is 1. The number of hydrogen-bond donors (Lipinski definition) is 1. The smallest absolute Gasteiger partial charge is 0.293 e. The Morgan fingerprint density at radius 1 is 1.12 bits per heavy atom. The average molecular weight is 336 g/mol. The zero-order chi connectivity index (χ0) is 17.1. The number of hydrogen-bond acceptors (Lipinski definition) is 5. The van der Waals surface area contributed by atoms with Gasteiger partial charge in [-0.05, 0) is 47.2 Å². The summed E-state index contributed by atoms with van der Waals surface area (Å²) in [5.41, 5.74) is 1.79. The number of amides is 2. The lowest BCUT2D eigenvalue weighted by Crippen LogP contribution is -2.27. The molecule has 1 saturated heterocycles. The third kappa shape index (κ3) is 3.16. The van der Waals surface area contributed by atoms with E-state index >= 15 is 0 Å². The Labute approximate surface area is 142 Å². The van der Waals surface area contributed by atoms with Crippen LogP contribution in [-0.2, 0) is 11.3 Å². The number of nitriles is 1. The number of imide groups is 1. The summed E-state index contributed by atoms with van der Waals surface area (Å²) in [7, 11) is 0. The molecule has 0 saturated carbocycles. The molecular weight excluding hydrogens is 324 g/mol. The molecule has 0 bridgehead atoms. The fourth-order valence-corrected chi connectivity index (χ4v) is 3.13. The van der Waals surface area contributed by atoms with Crippen molar-refractivity contribution in [1.29, 1.82) is 5.26 Å². The summed E-state index contributed by atoms with van der Waals surface area (Å²) in [4.78, 5) is 26.1. The third-order valence-corrected chi connectivity index (χ3v) is 4.44. The minimum atomic E-state index is -0.384. The summed E-state index contributed by atoms with van der Waals surface area (Å²) >= 11 is 0.867. The highest BCUT2D eigenvalue weighted by Gasteiger charge is 2.35. The van der Waals surface area contributed by atoms with Gasteiger partial charge in [-0.2, -0.15) is 5.26 Å². The van der Waals surface area contributed by atoms with Crippen molar-refractivity contribution in [3.8, 4) is 11.8 Å². The molecular formula is C18H12N2O3S. The summed E-state index contributed by atoms with van der Waals surface area (Å²) < 4.78 is 0. The topological polar surface area (TPSA) is 81.4 Å². The molecule has 1 heterocycles. The molecule has 1 N–H and O–H groups in total. The van der Waals surface area contributed by atoms with E-state index < -0.39 is 0 Å². The molecule has 0 aliphatic carbocycles. The van der Waals surface area contributed by atoms with Gasteiger partial charge in [0, 0.05) is 0 Å². The van der Waals surface area contributed by atoms with Crippen LogP contribution in [0, 0.1) is 11.3 Å². The van der Waals surface area contributed by atoms with Crippen LogP contribution < -0.4 is 0 Å². The SMILES string of the molecule is N#Cc1ccccc1CN1C(=O)S/C(=C/c2ccc(O)cc2)C1=O. The number of benzene rings is 2. The number of rotatable bonds is 3. The zero-order valence-electron chi connectivity index (χ0n) is 12.5. The van der Waals surface area contributed by atoms with Crippen molar-refractivity contribution in [3.05, 3.63) is 70.1 Å². The summed E-state index contributed by atoms with van der Waals surface area (Å²) in [5, 5.41) is 18.0. The number of aromatic hydroxyl groups is 1. The summed E-state index contributed by atoms with van der Waals surface area (Å²) in [6, 6.07) is 15.3. The first-order valence-corrected chi connectivity index (χ1v) is 7.92. The number of carbonyl (C=O) groups excluding carboxylic acids is 2. The van der Waals surface area contributed by atoms with Crippen LogP contribution in [0.25, 0.3) is 6.08 Å². The minimum absolute atomic E-state index is 0.0708. The van der Waals surface area contributed by atoms with Gasteiger partial charge in [-0.1, -0.05) is 30.3 Å². The molecule has 24 heavy (non-hydrogen) atoms. The lowest BCUT2D eigenvalue weighted by molar-refractivity contribution is -0.123. The van der Waals surface area contributed by atoms with Gasteiger partial charge in [-0.3, -0.25) is 14.5 Å². The third-order valence-electron chi connectivity index (χ3n) is 3.53. The maximum atomic E-state index is 12.5. The Bertz CT molecular complexity index is 882. The molecule has 118 valence electrons. The molecule has 2 aromatic rings. The van der Waals surface area contributed by atoms with E-state index in [2.05, 4.69) is 6.07 Å². The highest BCUT2D eigenvalue weighted by molar-refractivity contribution is 8.18. The zero-order valence-corrected chi connectivity index (χ0v) is 13.3. The molecule has 5 nitrogen and oxygen atoms in total. The van der Waals surface area contributed by atoms with E-state index in [1.807, 2.05) is 0 Å². The number of phenols is 1. The van der Waals surface area contributed by atoms with E-state index in [0.717, 1.165) is 22.2 Å². The second-order valence-corrected chi connectivity index (χ2v) is 6.12. The van der Waals surface area contributed by atoms with E-state index in [4.69, 9.17) is 5.26 Å². The Balaban J connectivity index is 1.84. The van der Waals surface area contributed by atoms with E-state index in [1.54, 1.807) is 42.5 Å². The molecule has 1 fully saturated rings. The monoisotopic (exact) mass is 336 g/mol. The molecule has 2 aromatic carbocycles. The predicted molar refractivity (Wildman–Crippen MR) is 90.8 cm³/mol. The van der Waals surface area contributed by atoms with Gasteiger partial charge < -0.3 is 5.11 Å². The quantitative estimate of drug-likeness (QED) is 0.868. The molecule has 0 unspecified atom stereocenters. The number of carbonyl (C=O) groups is 2. The number of nitrogens with zero attached hydrogens (tertiary/aromatic N) is 2. The first-order chi connectivity index (χ1) is 11.6. The van der Waals surface area contributed by atoms with Crippen molar-refractivity contribution in [2.75, 3.05) is 0 Å². The lowest BCUT2D eigenvalue weighted by atomic mass is 10.1. The van der Waals surface area contributed by atoms with Crippen LogP contribution >= 0.6 is 11.8 Å². The normalized spacial score (nSPS) is 15.8. The molecule has 0 radical (unpaired) electrons. The summed E-state index contributed by atoms with van der Waals surface area (Å²) in [5.74, 6) is -0.251. The molecule has 1 aliphatic heterocycles. The van der Waals surface area contributed by atoms with Crippen molar-refractivity contribution in [2.45, 2.75) is 6.54 Å². The fourth-order valence-electron chi connectivity index (χ4n) is 2.30. The standard InChI is InChI=1S/C18H12N2O3S/c19-10-13-3-1-2-4-14(13)11-20-17(22)16(24-18(20)23)9-12-5-7-15(21)8-6-12/h1-9,21H,11H2/b16-9+. The van der Waals surface area contributed by atoms with Crippen LogP contribution in [0.1, 0.15) is 16.7 Å². The Morgan fingerprint density at radius 2 is 1.83 bits per heavy atom. The maximum Gasteiger partial charge on any atom is 0.293 e. The van der Waals surface area contributed by atoms with Crippen LogP contribution in [0.4, 0.5) is 4.79 Å². The Morgan fingerprint density at radius 3 is 2.54 bits per heavy atom. The lowest BCUT2D eigenvalue weighted by Gasteiger charge is -2.13. The van der Waals surface area contributed by atoms with E-state index in [-0.39, 0.29) is 23.4 Å². The first-order valence-electron chi connectivity index (χ1n) is 7.11. The van der Waals surface area contributed by atoms with Gasteiger partial charge in [0.25, 0.3) is 11.1 Å². The molecule has 0 aromatic heterocycles. The molecule has 3 rings (SSSR count). The van der Waals surface area contributed by atoms with Crippen molar-refractivity contribution < 1.29 is 14.7 Å². The predicted octanol–water partition coefficient (Wildman–Crippen LogP) is 3.50. The van der Waals surface area contributed by atoms with E-state index in [1.165, 1.54) is 12.1 Å². The fraction of sp³-hybridized carbons (Fsp3) is 0.0556. The van der Waals surface area contributed by atoms with Crippen LogP contribution in [0.5, 0.6) is 5.75 Å². The van der Waals surface area contributed by atoms with Gasteiger partial charge in [0.1, 0.15) is 5.75 Å². The first kappa shape index (κ1) is 15.8. The van der Waals surface area contributed by atoms with E-state index in [0.29, 0.717) is 16.0 Å². The highest BCUT2D eigenvalue weighted by Crippen LogP contribution is 2.33. The van der Waals surface area contributed by atoms with Crippen molar-refractivity contribution in [1.82, 2.24) is 4.90 Å². The van der Waals surface area contributed by atoms with Gasteiger partial charge in [0.2, 0.25) is 0 Å². The molecule has 0 atom stereocenters. The second kappa shape index (κ2) is 6.60. The van der Waals surface area contributed by atoms with Crippen molar-refractivity contribution >= 4 is 29.0 Å². The van der Waals surface area contributed by atoms with Gasteiger partial charge >= 0.3 is 0 Å². The average Bonchev–Trinajstić information content (AvgIpc) is 2.85. The van der Waals surface area contributed by atoms with Crippen LogP contribution in [0.15, 0.2) is 53.4 Å². The van der Waals surface area contributed by atoms with Crippen molar-refractivity contribution in [3.63, 3.8) is 0 Å². The van der Waals surface area contributed by atoms with Gasteiger partial charge in [-0.15, -0.1) is 0 Å². The van der Waals surface area contributed by atoms with Gasteiger partial charge in [0.05, 0.1) is 23.1 Å². The number of thioether (sulfide) groups is 1. The van der Waals surface area contributed by atoms with Crippen LogP contribution in [0.3, 0.4) is 0 Å². The van der Waals surface area contributed by atoms with Gasteiger partial charge in [0.15, 0.2) is 0 Å². The molecule has 1 aliphatic rings. The van der Waals surface area contributed by atoms with Gasteiger partial charge in [-0.25, -0.2) is 0 Å². The minimum Gasteiger partial charge on any atom is -0.508 e. The molecule has 6 heteroatoms. The largest absolute Gasteiger partial charge is 0.508 e. The molecule has 0 spiro atoms. The Kier molecular flexibility index (Phi) is 4.36. The maximum absolute atomic E-state index is 12.5. The summed E-state index contributed by atoms with van der Waals surface area (Å²) in [6.07, 6.45) is 1.61.